The summed E-state index contributed by atoms with van der Waals surface area (Å²) in [6, 6.07) is 0. The minimum absolute atomic E-state index is 0.00776. The number of aliphatic hydroxyl groups excluding tert-OH is 1. The van der Waals surface area contributed by atoms with E-state index in [1.54, 1.807) is 0 Å². The number of ether oxygens (including phenoxy) is 3. The van der Waals surface area contributed by atoms with Crippen LogP contribution in [-0.2, 0) is 23.8 Å². The fourth-order valence-corrected chi connectivity index (χ4v) is 0.820. The number of hydrogen-bond donors (Lipinski definition) is 1. The Kier molecular flexibility index (Phi) is 6.32. The summed E-state index contributed by atoms with van der Waals surface area (Å²) in [6.07, 6.45) is -1.73. The Balaban J connectivity index is 4.53. The summed E-state index contributed by atoms with van der Waals surface area (Å²) in [5.41, 5.74) is 0. The molecule has 0 bridgehead atoms. The summed E-state index contributed by atoms with van der Waals surface area (Å²) in [7, 11) is 2.21. The zero-order valence-electron chi connectivity index (χ0n) is 8.63. The van der Waals surface area contributed by atoms with E-state index in [2.05, 4.69) is 16.1 Å². The van der Waals surface area contributed by atoms with Gasteiger partial charge in [-0.15, -0.1) is 6.58 Å². The molecule has 6 nitrogen and oxygen atoms in total. The van der Waals surface area contributed by atoms with Gasteiger partial charge in [0.2, 0.25) is 0 Å². The predicted molar refractivity (Wildman–Crippen MR) is 50.0 cm³/mol. The van der Waals surface area contributed by atoms with Gasteiger partial charge in [-0.2, -0.15) is 0 Å². The predicted octanol–water partition coefficient (Wildman–Crippen LogP) is -0.735. The second kappa shape index (κ2) is 6.97. The van der Waals surface area contributed by atoms with Crippen LogP contribution in [0.4, 0.5) is 0 Å². The van der Waals surface area contributed by atoms with Crippen LogP contribution < -0.4 is 0 Å². The standard InChI is InChI=1S/C9H14O6/c1-4-5-15-7(9(12)14-3)6(10)8(11)13-2/h4,6-7,10H,1,5H2,2-3H3/t6-,7-/m0/s1. The van der Waals surface area contributed by atoms with Crippen LogP contribution in [0.2, 0.25) is 0 Å². The zero-order chi connectivity index (χ0) is 11.8. The molecule has 0 amide bonds. The topological polar surface area (TPSA) is 82.1 Å². The molecule has 0 spiro atoms. The number of methoxy groups -OCH3 is 2. The van der Waals surface area contributed by atoms with Crippen molar-refractivity contribution in [3.63, 3.8) is 0 Å². The largest absolute Gasteiger partial charge is 0.467 e. The minimum Gasteiger partial charge on any atom is -0.467 e. The van der Waals surface area contributed by atoms with Gasteiger partial charge in [-0.1, -0.05) is 6.08 Å². The first-order valence-electron chi connectivity index (χ1n) is 4.14. The van der Waals surface area contributed by atoms with Gasteiger partial charge in [0.1, 0.15) is 0 Å². The highest BCUT2D eigenvalue weighted by atomic mass is 16.6. The molecule has 0 heterocycles. The van der Waals surface area contributed by atoms with E-state index in [4.69, 9.17) is 4.74 Å². The fourth-order valence-electron chi connectivity index (χ4n) is 0.820. The number of aliphatic hydroxyl groups is 1. The molecule has 0 aromatic rings. The van der Waals surface area contributed by atoms with Crippen LogP contribution in [0.5, 0.6) is 0 Å². The van der Waals surface area contributed by atoms with Crippen molar-refractivity contribution in [1.29, 1.82) is 0 Å². The third-order valence-electron chi connectivity index (χ3n) is 1.56. The SMILES string of the molecule is C=CCO[C@H](C(=O)OC)[C@H](O)C(=O)OC. The molecular weight excluding hydrogens is 204 g/mol. The summed E-state index contributed by atoms with van der Waals surface area (Å²) >= 11 is 0. The molecule has 15 heavy (non-hydrogen) atoms. The van der Waals surface area contributed by atoms with E-state index in [1.807, 2.05) is 0 Å². The van der Waals surface area contributed by atoms with Gasteiger partial charge in [0.25, 0.3) is 0 Å². The maximum Gasteiger partial charge on any atom is 0.338 e. The van der Waals surface area contributed by atoms with Crippen LogP contribution in [0.1, 0.15) is 0 Å². The minimum atomic E-state index is -1.71. The lowest BCUT2D eigenvalue weighted by Crippen LogP contribution is -2.43. The average molecular weight is 218 g/mol. The molecule has 86 valence electrons. The molecule has 0 aromatic heterocycles. The van der Waals surface area contributed by atoms with Crippen LogP contribution in [0.3, 0.4) is 0 Å². The van der Waals surface area contributed by atoms with Gasteiger partial charge in [0.05, 0.1) is 20.8 Å². The Morgan fingerprint density at radius 2 is 1.87 bits per heavy atom. The van der Waals surface area contributed by atoms with E-state index in [0.717, 1.165) is 14.2 Å². The monoisotopic (exact) mass is 218 g/mol. The second-order valence-electron chi connectivity index (χ2n) is 2.53. The molecule has 0 rings (SSSR count). The Morgan fingerprint density at radius 1 is 1.33 bits per heavy atom. The molecule has 0 unspecified atom stereocenters. The molecule has 0 saturated carbocycles. The molecule has 0 fully saturated rings. The van der Waals surface area contributed by atoms with E-state index < -0.39 is 24.1 Å². The maximum atomic E-state index is 11.1. The second-order valence-corrected chi connectivity index (χ2v) is 2.53. The lowest BCUT2D eigenvalue weighted by Gasteiger charge is -2.18. The van der Waals surface area contributed by atoms with Crippen LogP contribution in [0, 0.1) is 0 Å². The molecular formula is C9H14O6. The number of carbonyl (C=O) groups excluding carboxylic acids is 2. The van der Waals surface area contributed by atoms with E-state index in [0.29, 0.717) is 0 Å². The Bertz CT molecular complexity index is 237. The summed E-state index contributed by atoms with van der Waals surface area (Å²) < 4.78 is 13.5. The van der Waals surface area contributed by atoms with E-state index in [-0.39, 0.29) is 6.61 Å². The highest BCUT2D eigenvalue weighted by molar-refractivity contribution is 5.85. The van der Waals surface area contributed by atoms with Crippen molar-refractivity contribution in [3.05, 3.63) is 12.7 Å². The quantitative estimate of drug-likeness (QED) is 0.467. The Morgan fingerprint density at radius 3 is 2.27 bits per heavy atom. The van der Waals surface area contributed by atoms with E-state index >= 15 is 0 Å². The Labute approximate surface area is 87.4 Å². The number of hydrogen-bond acceptors (Lipinski definition) is 6. The third-order valence-corrected chi connectivity index (χ3v) is 1.56. The van der Waals surface area contributed by atoms with Crippen molar-refractivity contribution >= 4 is 11.9 Å². The van der Waals surface area contributed by atoms with Gasteiger partial charge in [0.15, 0.2) is 12.2 Å². The molecule has 0 radical (unpaired) electrons. The van der Waals surface area contributed by atoms with Gasteiger partial charge < -0.3 is 19.3 Å². The van der Waals surface area contributed by atoms with Gasteiger partial charge in [-0.05, 0) is 0 Å². The Hall–Kier alpha value is -1.40. The van der Waals surface area contributed by atoms with Crippen LogP contribution in [0.25, 0.3) is 0 Å². The van der Waals surface area contributed by atoms with Crippen molar-refractivity contribution in [2.45, 2.75) is 12.2 Å². The lowest BCUT2D eigenvalue weighted by molar-refractivity contribution is -0.173. The average Bonchev–Trinajstić information content (AvgIpc) is 2.27. The summed E-state index contributed by atoms with van der Waals surface area (Å²) in [5.74, 6) is -1.82. The summed E-state index contributed by atoms with van der Waals surface area (Å²) in [6.45, 7) is 3.37. The number of rotatable bonds is 6. The first-order chi connectivity index (χ1) is 7.08. The smallest absolute Gasteiger partial charge is 0.338 e. The molecule has 2 atom stereocenters. The van der Waals surface area contributed by atoms with Gasteiger partial charge >= 0.3 is 11.9 Å². The van der Waals surface area contributed by atoms with E-state index in [1.165, 1.54) is 6.08 Å². The van der Waals surface area contributed by atoms with Gasteiger partial charge in [-0.25, -0.2) is 9.59 Å². The van der Waals surface area contributed by atoms with E-state index in [9.17, 15) is 14.7 Å². The fraction of sp³-hybridized carbons (Fsp3) is 0.556. The van der Waals surface area contributed by atoms with Crippen LogP contribution in [0.15, 0.2) is 12.7 Å². The summed E-state index contributed by atoms with van der Waals surface area (Å²) in [4.78, 5) is 22.1. The zero-order valence-corrected chi connectivity index (χ0v) is 8.63. The number of carbonyl (C=O) groups is 2. The van der Waals surface area contributed by atoms with Crippen molar-refractivity contribution in [1.82, 2.24) is 0 Å². The summed E-state index contributed by atoms with van der Waals surface area (Å²) in [5, 5.41) is 9.37. The molecule has 0 aliphatic rings. The van der Waals surface area contributed by atoms with Crippen LogP contribution >= 0.6 is 0 Å². The molecule has 6 heteroatoms. The lowest BCUT2D eigenvalue weighted by atomic mass is 10.2. The first-order valence-corrected chi connectivity index (χ1v) is 4.14. The van der Waals surface area contributed by atoms with Crippen molar-refractivity contribution in [2.75, 3.05) is 20.8 Å². The molecule has 0 saturated heterocycles. The van der Waals surface area contributed by atoms with Gasteiger partial charge in [0, 0.05) is 0 Å². The maximum absolute atomic E-state index is 11.1. The van der Waals surface area contributed by atoms with Crippen LogP contribution in [-0.4, -0.2) is 50.1 Å². The van der Waals surface area contributed by atoms with Gasteiger partial charge in [-0.3, -0.25) is 0 Å². The van der Waals surface area contributed by atoms with Crippen molar-refractivity contribution in [3.8, 4) is 0 Å². The normalized spacial score (nSPS) is 13.8. The number of esters is 2. The third kappa shape index (κ3) is 4.09. The first kappa shape index (κ1) is 13.6. The van der Waals surface area contributed by atoms with Crippen molar-refractivity contribution < 1.29 is 28.9 Å². The highest BCUT2D eigenvalue weighted by Crippen LogP contribution is 2.04. The highest BCUT2D eigenvalue weighted by Gasteiger charge is 2.34. The molecule has 0 aliphatic heterocycles. The molecule has 1 N–H and O–H groups in total. The van der Waals surface area contributed by atoms with Crippen molar-refractivity contribution in [2.24, 2.45) is 0 Å². The molecule has 0 aliphatic carbocycles. The molecule has 0 aromatic carbocycles.